The first-order valence-corrected chi connectivity index (χ1v) is 8.81. The average molecular weight is 381 g/mol. The van der Waals surface area contributed by atoms with Crippen LogP contribution >= 0.6 is 0 Å². The minimum atomic E-state index is -0.603. The number of fused-ring (bicyclic) bond motifs is 3. The lowest BCUT2D eigenvalue weighted by Gasteiger charge is -2.26. The molecule has 4 rings (SSSR count). The number of carbonyl (C=O) groups excluding carboxylic acids is 1. The molecule has 3 heterocycles. The fraction of sp³-hybridized carbons (Fsp3) is 0.250. The molecular weight excluding hydrogens is 364 g/mol. The van der Waals surface area contributed by atoms with Crippen LogP contribution in [0.2, 0.25) is 0 Å². The van der Waals surface area contributed by atoms with Gasteiger partial charge in [-0.15, -0.1) is 0 Å². The van der Waals surface area contributed by atoms with E-state index in [1.807, 2.05) is 11.6 Å². The molecule has 2 aromatic heterocycles. The molecule has 1 N–H and O–H groups in total. The van der Waals surface area contributed by atoms with Crippen molar-refractivity contribution in [2.24, 2.45) is 7.05 Å². The number of aryl methyl sites for hydroxylation is 1. The second-order valence-electron chi connectivity index (χ2n) is 6.58. The maximum absolute atomic E-state index is 13.8. The second kappa shape index (κ2) is 6.93. The third-order valence-electron chi connectivity index (χ3n) is 4.97. The van der Waals surface area contributed by atoms with Crippen molar-refractivity contribution in [3.05, 3.63) is 58.8 Å². The average Bonchev–Trinajstić information content (AvgIpc) is 2.97. The fourth-order valence-electron chi connectivity index (χ4n) is 3.59. The summed E-state index contributed by atoms with van der Waals surface area (Å²) in [5, 5.41) is 3.74. The summed E-state index contributed by atoms with van der Waals surface area (Å²) >= 11 is 0. The van der Waals surface area contributed by atoms with Crippen molar-refractivity contribution in [1.29, 1.82) is 0 Å². The van der Waals surface area contributed by atoms with Gasteiger partial charge < -0.3 is 14.8 Å². The Labute approximate surface area is 160 Å². The largest absolute Gasteiger partial charge is 0.340 e. The number of anilines is 2. The Balaban J connectivity index is 1.71. The zero-order valence-corrected chi connectivity index (χ0v) is 15.2. The number of halogens is 2. The monoisotopic (exact) mass is 381 g/mol. The van der Waals surface area contributed by atoms with Crippen LogP contribution in [0.15, 0.2) is 30.3 Å². The number of pyridine rings is 1. The Bertz CT molecular complexity index is 1130. The molecule has 1 aromatic carbocycles. The molecule has 6 nitrogen and oxygen atoms in total. The zero-order chi connectivity index (χ0) is 19.8. The molecule has 0 fully saturated rings. The van der Waals surface area contributed by atoms with Gasteiger partial charge in [0.25, 0.3) is 5.91 Å². The summed E-state index contributed by atoms with van der Waals surface area (Å²) in [6, 6.07) is 7.77. The fourth-order valence-corrected chi connectivity index (χ4v) is 3.59. The first kappa shape index (κ1) is 17.9. The Morgan fingerprint density at radius 1 is 1.32 bits per heavy atom. The molecule has 0 saturated carbocycles. The van der Waals surface area contributed by atoms with Gasteiger partial charge in [0.1, 0.15) is 24.0 Å². The molecular formula is C20H17F2N5O. The predicted octanol–water partition coefficient (Wildman–Crippen LogP) is 3.97. The number of nitrogens with one attached hydrogen (secondary N) is 1. The van der Waals surface area contributed by atoms with Gasteiger partial charge in [-0.05, 0) is 24.3 Å². The smallest absolute Gasteiger partial charge is 0.256 e. The first-order valence-electron chi connectivity index (χ1n) is 8.81. The van der Waals surface area contributed by atoms with Crippen molar-refractivity contribution in [2.75, 3.05) is 25.1 Å². The number of amides is 1. The van der Waals surface area contributed by atoms with Crippen molar-refractivity contribution in [2.45, 2.75) is 6.42 Å². The summed E-state index contributed by atoms with van der Waals surface area (Å²) in [7, 11) is 1.85. The lowest BCUT2D eigenvalue weighted by atomic mass is 10.0. The number of carbonyl (C=O) groups is 1. The number of nitrogens with zero attached hydrogens (tertiary/aromatic N) is 4. The Kier molecular flexibility index (Phi) is 4.43. The molecule has 0 unspecified atom stereocenters. The van der Waals surface area contributed by atoms with E-state index in [1.54, 1.807) is 18.2 Å². The molecule has 0 spiro atoms. The van der Waals surface area contributed by atoms with Crippen molar-refractivity contribution in [3.63, 3.8) is 0 Å². The molecule has 142 valence electrons. The highest BCUT2D eigenvalue weighted by Crippen LogP contribution is 2.31. The maximum Gasteiger partial charge on any atom is 0.256 e. The lowest BCUT2D eigenvalue weighted by Crippen LogP contribution is -2.39. The number of benzene rings is 1. The van der Waals surface area contributed by atoms with Crippen molar-refractivity contribution in [1.82, 2.24) is 14.5 Å². The molecule has 0 saturated heterocycles. The van der Waals surface area contributed by atoms with Gasteiger partial charge in [0.2, 0.25) is 5.69 Å². The van der Waals surface area contributed by atoms with Crippen LogP contribution in [0.3, 0.4) is 0 Å². The molecule has 0 aliphatic carbocycles. The molecule has 1 aliphatic heterocycles. The standard InChI is InChI=1S/C20H17F2N5O/c1-23-15-5-3-12(11-14(15)22)24-17-6-4-13-18-16(26(2)19(13)25-17)7-9-27(10-8-21)20(18)28/h3-6,11H,7-10H2,2H3,(H,24,25). The highest BCUT2D eigenvalue weighted by atomic mass is 19.1. The van der Waals surface area contributed by atoms with E-state index in [1.165, 1.54) is 17.0 Å². The van der Waals surface area contributed by atoms with Gasteiger partial charge in [0, 0.05) is 43.3 Å². The number of alkyl halides is 1. The predicted molar refractivity (Wildman–Crippen MR) is 102 cm³/mol. The lowest BCUT2D eigenvalue weighted by molar-refractivity contribution is 0.0729. The Morgan fingerprint density at radius 3 is 2.86 bits per heavy atom. The number of hydrogen-bond acceptors (Lipinski definition) is 3. The highest BCUT2D eigenvalue weighted by molar-refractivity contribution is 6.08. The summed E-state index contributed by atoms with van der Waals surface area (Å²) in [6.45, 7) is 6.92. The zero-order valence-electron chi connectivity index (χ0n) is 15.2. The third-order valence-corrected chi connectivity index (χ3v) is 4.97. The van der Waals surface area contributed by atoms with E-state index >= 15 is 0 Å². The number of rotatable bonds is 4. The van der Waals surface area contributed by atoms with Gasteiger partial charge >= 0.3 is 0 Å². The first-order chi connectivity index (χ1) is 13.5. The van der Waals surface area contributed by atoms with Gasteiger partial charge in [-0.25, -0.2) is 18.6 Å². The van der Waals surface area contributed by atoms with E-state index in [0.717, 1.165) is 5.69 Å². The molecule has 8 heteroatoms. The van der Waals surface area contributed by atoms with Crippen LogP contribution < -0.4 is 5.32 Å². The minimum absolute atomic E-state index is 0.0413. The van der Waals surface area contributed by atoms with Crippen LogP contribution in [0, 0.1) is 12.4 Å². The van der Waals surface area contributed by atoms with Crippen LogP contribution in [-0.2, 0) is 13.5 Å². The van der Waals surface area contributed by atoms with Crippen molar-refractivity contribution >= 4 is 34.1 Å². The molecule has 0 atom stereocenters. The van der Waals surface area contributed by atoms with Crippen molar-refractivity contribution in [3.8, 4) is 0 Å². The molecule has 0 radical (unpaired) electrons. The Morgan fingerprint density at radius 2 is 2.14 bits per heavy atom. The van der Waals surface area contributed by atoms with Gasteiger partial charge in [-0.2, -0.15) is 0 Å². The minimum Gasteiger partial charge on any atom is -0.340 e. The van der Waals surface area contributed by atoms with Gasteiger partial charge in [-0.1, -0.05) is 6.07 Å². The summed E-state index contributed by atoms with van der Waals surface area (Å²) in [5.74, 6) is -0.286. The van der Waals surface area contributed by atoms with E-state index in [0.29, 0.717) is 41.1 Å². The summed E-state index contributed by atoms with van der Waals surface area (Å²) in [6.07, 6.45) is 0.639. The SMILES string of the molecule is [C-]#[N+]c1ccc(Nc2ccc3c4c(n(C)c3n2)CCN(CCF)C4=O)cc1F. The molecule has 28 heavy (non-hydrogen) atoms. The van der Waals surface area contributed by atoms with Gasteiger partial charge in [-0.3, -0.25) is 4.79 Å². The maximum atomic E-state index is 13.8. The third kappa shape index (κ3) is 2.85. The van der Waals surface area contributed by atoms with Crippen LogP contribution in [-0.4, -0.2) is 40.1 Å². The van der Waals surface area contributed by atoms with E-state index in [-0.39, 0.29) is 18.1 Å². The van der Waals surface area contributed by atoms with E-state index in [4.69, 9.17) is 6.57 Å². The van der Waals surface area contributed by atoms with E-state index < -0.39 is 12.5 Å². The number of hydrogen-bond donors (Lipinski definition) is 1. The summed E-state index contributed by atoms with van der Waals surface area (Å²) < 4.78 is 28.4. The highest BCUT2D eigenvalue weighted by Gasteiger charge is 2.30. The van der Waals surface area contributed by atoms with Crippen LogP contribution in [0.25, 0.3) is 15.9 Å². The van der Waals surface area contributed by atoms with Gasteiger partial charge in [0.05, 0.1) is 12.1 Å². The summed E-state index contributed by atoms with van der Waals surface area (Å²) in [4.78, 5) is 21.9. The van der Waals surface area contributed by atoms with Crippen LogP contribution in [0.1, 0.15) is 16.1 Å². The van der Waals surface area contributed by atoms with Crippen LogP contribution in [0.4, 0.5) is 26.0 Å². The molecule has 1 amide bonds. The quantitative estimate of drug-likeness (QED) is 0.696. The normalized spacial score (nSPS) is 13.5. The molecule has 3 aromatic rings. The second-order valence-corrected chi connectivity index (χ2v) is 6.58. The van der Waals surface area contributed by atoms with Crippen molar-refractivity contribution < 1.29 is 13.6 Å². The molecule has 1 aliphatic rings. The number of aromatic nitrogens is 2. The topological polar surface area (TPSA) is 54.5 Å². The van der Waals surface area contributed by atoms with E-state index in [9.17, 15) is 13.6 Å². The van der Waals surface area contributed by atoms with Gasteiger partial charge in [0.15, 0.2) is 0 Å². The van der Waals surface area contributed by atoms with Crippen LogP contribution in [0.5, 0.6) is 0 Å². The van der Waals surface area contributed by atoms with E-state index in [2.05, 4.69) is 15.1 Å². The Hall–Kier alpha value is -3.47. The molecule has 0 bridgehead atoms. The summed E-state index contributed by atoms with van der Waals surface area (Å²) in [5.41, 5.74) is 2.51.